The van der Waals surface area contributed by atoms with Crippen LogP contribution in [0.5, 0.6) is 5.75 Å². The van der Waals surface area contributed by atoms with E-state index in [1.807, 2.05) is 6.07 Å². The van der Waals surface area contributed by atoms with E-state index < -0.39 is 24.6 Å². The lowest BCUT2D eigenvalue weighted by Crippen LogP contribution is -2.21. The Labute approximate surface area is 97.0 Å². The van der Waals surface area contributed by atoms with Crippen LogP contribution in [0.2, 0.25) is 0 Å². The van der Waals surface area contributed by atoms with Crippen molar-refractivity contribution in [3.63, 3.8) is 0 Å². The van der Waals surface area contributed by atoms with Crippen molar-refractivity contribution < 1.29 is 25.2 Å². The van der Waals surface area contributed by atoms with Crippen LogP contribution in [0.3, 0.4) is 0 Å². The molecular formula is C11H11NO5. The number of nitriles is 1. The van der Waals surface area contributed by atoms with E-state index in [-0.39, 0.29) is 16.9 Å². The summed E-state index contributed by atoms with van der Waals surface area (Å²) in [5.74, 6) is -1.58. The van der Waals surface area contributed by atoms with Crippen molar-refractivity contribution in [2.45, 2.75) is 18.6 Å². The predicted octanol–water partition coefficient (Wildman–Crippen LogP) is 0.133. The first-order valence-corrected chi connectivity index (χ1v) is 4.76. The molecule has 0 heterocycles. The van der Waals surface area contributed by atoms with Crippen molar-refractivity contribution in [3.8, 4) is 11.8 Å². The first-order valence-electron chi connectivity index (χ1n) is 4.76. The van der Waals surface area contributed by atoms with Crippen LogP contribution in [0.1, 0.15) is 23.7 Å². The van der Waals surface area contributed by atoms with Crippen LogP contribution in [0.25, 0.3) is 0 Å². The van der Waals surface area contributed by atoms with E-state index in [0.29, 0.717) is 0 Å². The minimum absolute atomic E-state index is 0.0715. The van der Waals surface area contributed by atoms with Gasteiger partial charge in [-0.05, 0) is 18.2 Å². The molecule has 1 aromatic carbocycles. The largest absolute Gasteiger partial charge is 0.508 e. The molecule has 0 aliphatic carbocycles. The molecule has 4 N–H and O–H groups in total. The summed E-state index contributed by atoms with van der Waals surface area (Å²) in [5.41, 5.74) is 0.122. The second-order valence-electron chi connectivity index (χ2n) is 3.50. The van der Waals surface area contributed by atoms with Gasteiger partial charge in [0, 0.05) is 5.56 Å². The molecule has 0 amide bonds. The van der Waals surface area contributed by atoms with E-state index in [1.165, 1.54) is 18.2 Å². The van der Waals surface area contributed by atoms with Crippen LogP contribution in [-0.2, 0) is 4.79 Å². The minimum Gasteiger partial charge on any atom is -0.508 e. The van der Waals surface area contributed by atoms with Gasteiger partial charge >= 0.3 is 5.97 Å². The number of aliphatic hydroxyl groups excluding tert-OH is 2. The molecular weight excluding hydrogens is 226 g/mol. The minimum atomic E-state index is -1.56. The standard InChI is InChI=1S/C11H11NO5/c12-5-6-1-2-8(13)7(3-6)11(17)9(14)4-10(15)16/h1-3,9,11,13-14,17H,4H2,(H,15,16). The van der Waals surface area contributed by atoms with Crippen molar-refractivity contribution in [2.24, 2.45) is 0 Å². The van der Waals surface area contributed by atoms with Gasteiger partial charge in [0.15, 0.2) is 0 Å². The molecule has 0 spiro atoms. The van der Waals surface area contributed by atoms with Gasteiger partial charge in [-0.1, -0.05) is 0 Å². The van der Waals surface area contributed by atoms with Gasteiger partial charge in [0.05, 0.1) is 24.2 Å². The third kappa shape index (κ3) is 3.17. The summed E-state index contributed by atoms with van der Waals surface area (Å²) in [6.07, 6.45) is -3.76. The molecule has 1 aromatic rings. The van der Waals surface area contributed by atoms with E-state index in [4.69, 9.17) is 10.4 Å². The Balaban J connectivity index is 2.99. The molecule has 0 saturated carbocycles. The maximum Gasteiger partial charge on any atom is 0.306 e. The predicted molar refractivity (Wildman–Crippen MR) is 56.0 cm³/mol. The zero-order valence-corrected chi connectivity index (χ0v) is 8.74. The normalized spacial score (nSPS) is 13.7. The molecule has 2 unspecified atom stereocenters. The number of aliphatic carboxylic acids is 1. The summed E-state index contributed by atoms with van der Waals surface area (Å²) in [4.78, 5) is 10.4. The van der Waals surface area contributed by atoms with E-state index in [1.54, 1.807) is 0 Å². The summed E-state index contributed by atoms with van der Waals surface area (Å²) < 4.78 is 0. The number of carboxylic acid groups (broad SMARTS) is 1. The first-order chi connectivity index (χ1) is 7.95. The second kappa shape index (κ2) is 5.30. The Hall–Kier alpha value is -2.10. The third-order valence-corrected chi connectivity index (χ3v) is 2.22. The van der Waals surface area contributed by atoms with Crippen molar-refractivity contribution in [3.05, 3.63) is 29.3 Å². The fraction of sp³-hybridized carbons (Fsp3) is 0.273. The van der Waals surface area contributed by atoms with Gasteiger partial charge < -0.3 is 20.4 Å². The maximum absolute atomic E-state index is 10.4. The molecule has 0 aliphatic rings. The molecule has 0 aliphatic heterocycles. The fourth-order valence-corrected chi connectivity index (χ4v) is 1.36. The number of carboxylic acids is 1. The van der Waals surface area contributed by atoms with Crippen molar-refractivity contribution in [1.82, 2.24) is 0 Å². The van der Waals surface area contributed by atoms with Gasteiger partial charge in [-0.15, -0.1) is 0 Å². The van der Waals surface area contributed by atoms with E-state index in [9.17, 15) is 20.1 Å². The zero-order valence-electron chi connectivity index (χ0n) is 8.74. The number of aliphatic hydroxyl groups is 2. The smallest absolute Gasteiger partial charge is 0.306 e. The number of phenols is 1. The zero-order chi connectivity index (χ0) is 13.0. The van der Waals surface area contributed by atoms with Crippen LogP contribution < -0.4 is 0 Å². The number of rotatable bonds is 4. The highest BCUT2D eigenvalue weighted by molar-refractivity contribution is 5.67. The summed E-state index contributed by atoms with van der Waals surface area (Å²) in [6.45, 7) is 0. The molecule has 0 fully saturated rings. The van der Waals surface area contributed by atoms with Gasteiger partial charge in [-0.25, -0.2) is 0 Å². The Kier molecular flexibility index (Phi) is 4.04. The number of benzene rings is 1. The Morgan fingerprint density at radius 2 is 2.06 bits per heavy atom. The van der Waals surface area contributed by atoms with E-state index >= 15 is 0 Å². The van der Waals surface area contributed by atoms with E-state index in [2.05, 4.69) is 0 Å². The molecule has 0 saturated heterocycles. The molecule has 6 heteroatoms. The van der Waals surface area contributed by atoms with Crippen molar-refractivity contribution in [1.29, 1.82) is 5.26 Å². The first kappa shape index (κ1) is 13.0. The SMILES string of the molecule is N#Cc1ccc(O)c(C(O)C(O)CC(=O)O)c1. The number of hydrogen-bond acceptors (Lipinski definition) is 5. The topological polar surface area (TPSA) is 122 Å². The molecule has 0 aromatic heterocycles. The fourth-order valence-electron chi connectivity index (χ4n) is 1.36. The summed E-state index contributed by atoms with van der Waals surface area (Å²) in [5, 5.41) is 45.6. The number of hydrogen-bond donors (Lipinski definition) is 4. The average Bonchev–Trinajstić information content (AvgIpc) is 2.28. The quantitative estimate of drug-likeness (QED) is 0.590. The lowest BCUT2D eigenvalue weighted by molar-refractivity contribution is -0.141. The average molecular weight is 237 g/mol. The Morgan fingerprint density at radius 3 is 2.59 bits per heavy atom. The number of aromatic hydroxyl groups is 1. The lowest BCUT2D eigenvalue weighted by atomic mass is 9.99. The van der Waals surface area contributed by atoms with E-state index in [0.717, 1.165) is 0 Å². The summed E-state index contributed by atoms with van der Waals surface area (Å²) in [6, 6.07) is 5.55. The number of nitrogens with zero attached hydrogens (tertiary/aromatic N) is 1. The highest BCUT2D eigenvalue weighted by Crippen LogP contribution is 2.28. The van der Waals surface area contributed by atoms with Crippen LogP contribution in [0, 0.1) is 11.3 Å². The van der Waals surface area contributed by atoms with Gasteiger partial charge in [-0.3, -0.25) is 4.79 Å². The lowest BCUT2D eigenvalue weighted by Gasteiger charge is -2.17. The second-order valence-corrected chi connectivity index (χ2v) is 3.50. The summed E-state index contributed by atoms with van der Waals surface area (Å²) >= 11 is 0. The van der Waals surface area contributed by atoms with Crippen LogP contribution >= 0.6 is 0 Å². The molecule has 90 valence electrons. The monoisotopic (exact) mass is 237 g/mol. The number of carbonyl (C=O) groups is 1. The van der Waals surface area contributed by atoms with Crippen molar-refractivity contribution >= 4 is 5.97 Å². The molecule has 2 atom stereocenters. The van der Waals surface area contributed by atoms with Crippen LogP contribution in [-0.4, -0.2) is 32.5 Å². The van der Waals surface area contributed by atoms with Gasteiger partial charge in [0.1, 0.15) is 11.9 Å². The molecule has 0 radical (unpaired) electrons. The number of phenolic OH excluding ortho intramolecular Hbond substituents is 1. The molecule has 17 heavy (non-hydrogen) atoms. The highest BCUT2D eigenvalue weighted by Gasteiger charge is 2.23. The Bertz CT molecular complexity index is 465. The van der Waals surface area contributed by atoms with Crippen molar-refractivity contribution in [2.75, 3.05) is 0 Å². The maximum atomic E-state index is 10.4. The molecule has 6 nitrogen and oxygen atoms in total. The van der Waals surface area contributed by atoms with Gasteiger partial charge in [-0.2, -0.15) is 5.26 Å². The van der Waals surface area contributed by atoms with Crippen LogP contribution in [0.15, 0.2) is 18.2 Å². The third-order valence-electron chi connectivity index (χ3n) is 2.22. The van der Waals surface area contributed by atoms with Crippen LogP contribution in [0.4, 0.5) is 0 Å². The summed E-state index contributed by atoms with van der Waals surface area (Å²) in [7, 11) is 0. The molecule has 1 rings (SSSR count). The van der Waals surface area contributed by atoms with Gasteiger partial charge in [0.25, 0.3) is 0 Å². The van der Waals surface area contributed by atoms with Gasteiger partial charge in [0.2, 0.25) is 0 Å². The highest BCUT2D eigenvalue weighted by atomic mass is 16.4. The molecule has 0 bridgehead atoms. The Morgan fingerprint density at radius 1 is 1.41 bits per heavy atom.